The van der Waals surface area contributed by atoms with Crippen LogP contribution in [0.15, 0.2) is 18.2 Å². The third kappa shape index (κ3) is 2.39. The summed E-state index contributed by atoms with van der Waals surface area (Å²) in [6, 6.07) is 5.22. The monoisotopic (exact) mass is 271 g/mol. The van der Waals surface area contributed by atoms with E-state index in [0.29, 0.717) is 28.0 Å². The predicted octanol–water partition coefficient (Wildman–Crippen LogP) is 2.85. The smallest absolute Gasteiger partial charge is 0.147 e. The third-order valence-electron chi connectivity index (χ3n) is 2.34. The Kier molecular flexibility index (Phi) is 3.57. The fourth-order valence-electron chi connectivity index (χ4n) is 1.56. The van der Waals surface area contributed by atoms with E-state index in [4.69, 9.17) is 33.7 Å². The predicted molar refractivity (Wildman–Crippen MR) is 68.5 cm³/mol. The molecule has 1 aromatic carbocycles. The molecule has 0 bridgehead atoms. The lowest BCUT2D eigenvalue weighted by atomic mass is 10.1. The second-order valence-electron chi connectivity index (χ2n) is 3.45. The molecule has 4 nitrogen and oxygen atoms in total. The van der Waals surface area contributed by atoms with Crippen molar-refractivity contribution in [1.29, 1.82) is 0 Å². The molecular weight excluding hydrogens is 261 g/mol. The van der Waals surface area contributed by atoms with E-state index in [1.165, 1.54) is 0 Å². The molecule has 2 aromatic rings. The first-order chi connectivity index (χ1) is 8.15. The van der Waals surface area contributed by atoms with Gasteiger partial charge in [-0.25, -0.2) is 0 Å². The first-order valence-electron chi connectivity index (χ1n) is 4.93. The summed E-state index contributed by atoms with van der Waals surface area (Å²) in [4.78, 5) is 0. The second-order valence-corrected chi connectivity index (χ2v) is 4.29. The topological polar surface area (TPSA) is 63.9 Å². The van der Waals surface area contributed by atoms with Crippen LogP contribution in [0.5, 0.6) is 5.75 Å². The molecule has 0 amide bonds. The zero-order chi connectivity index (χ0) is 12.4. The van der Waals surface area contributed by atoms with E-state index in [1.807, 2.05) is 6.07 Å². The van der Waals surface area contributed by atoms with Gasteiger partial charge >= 0.3 is 0 Å². The Morgan fingerprint density at radius 1 is 1.35 bits per heavy atom. The Balaban J connectivity index is 2.57. The molecule has 0 aliphatic heterocycles. The van der Waals surface area contributed by atoms with Gasteiger partial charge in [0.2, 0.25) is 0 Å². The number of halogens is 2. The van der Waals surface area contributed by atoms with Crippen molar-refractivity contribution in [2.75, 3.05) is 7.11 Å². The van der Waals surface area contributed by atoms with Gasteiger partial charge in [0.1, 0.15) is 5.75 Å². The van der Waals surface area contributed by atoms with Crippen LogP contribution in [0.25, 0.3) is 11.3 Å². The molecular formula is C11H11Cl2N3O. The van der Waals surface area contributed by atoms with Gasteiger partial charge in [-0.1, -0.05) is 23.2 Å². The molecule has 0 unspecified atom stereocenters. The molecule has 0 saturated carbocycles. The zero-order valence-corrected chi connectivity index (χ0v) is 10.6. The van der Waals surface area contributed by atoms with Gasteiger partial charge in [-0.3, -0.25) is 5.10 Å². The molecule has 3 N–H and O–H groups in total. The van der Waals surface area contributed by atoms with Crippen LogP contribution < -0.4 is 10.5 Å². The van der Waals surface area contributed by atoms with E-state index in [9.17, 15) is 0 Å². The van der Waals surface area contributed by atoms with Crippen LogP contribution in [-0.4, -0.2) is 17.3 Å². The number of methoxy groups -OCH3 is 1. The molecule has 0 fully saturated rings. The fourth-order valence-corrected chi connectivity index (χ4v) is 2.13. The Bertz CT molecular complexity index is 540. The van der Waals surface area contributed by atoms with Crippen LogP contribution in [0.2, 0.25) is 10.0 Å². The third-order valence-corrected chi connectivity index (χ3v) is 2.84. The van der Waals surface area contributed by atoms with Gasteiger partial charge in [0.15, 0.2) is 0 Å². The molecule has 90 valence electrons. The summed E-state index contributed by atoms with van der Waals surface area (Å²) in [5.74, 6) is 0.547. The van der Waals surface area contributed by atoms with Crippen molar-refractivity contribution in [3.63, 3.8) is 0 Å². The number of nitrogens with one attached hydrogen (secondary N) is 1. The summed E-state index contributed by atoms with van der Waals surface area (Å²) in [5, 5.41) is 7.96. The van der Waals surface area contributed by atoms with Crippen molar-refractivity contribution in [1.82, 2.24) is 10.2 Å². The molecule has 17 heavy (non-hydrogen) atoms. The van der Waals surface area contributed by atoms with Gasteiger partial charge in [0, 0.05) is 22.8 Å². The molecule has 0 radical (unpaired) electrons. The van der Waals surface area contributed by atoms with Gasteiger partial charge in [0.25, 0.3) is 0 Å². The number of H-pyrrole nitrogens is 1. The Hall–Kier alpha value is -1.23. The number of nitrogens with zero attached hydrogens (tertiary/aromatic N) is 1. The zero-order valence-electron chi connectivity index (χ0n) is 9.13. The van der Waals surface area contributed by atoms with E-state index >= 15 is 0 Å². The summed E-state index contributed by atoms with van der Waals surface area (Å²) in [6.07, 6.45) is 0. The SMILES string of the molecule is COc1c(Cl)cc(Cl)cc1-c1cc(CN)[nH]n1. The molecule has 2 rings (SSSR count). The lowest BCUT2D eigenvalue weighted by Gasteiger charge is -2.08. The van der Waals surface area contributed by atoms with Gasteiger partial charge < -0.3 is 10.5 Å². The summed E-state index contributed by atoms with van der Waals surface area (Å²) in [6.45, 7) is 0.392. The molecule has 0 atom stereocenters. The molecule has 0 spiro atoms. The minimum Gasteiger partial charge on any atom is -0.494 e. The summed E-state index contributed by atoms with van der Waals surface area (Å²) in [7, 11) is 1.55. The molecule has 0 saturated heterocycles. The number of benzene rings is 1. The Morgan fingerprint density at radius 3 is 2.71 bits per heavy atom. The normalized spacial score (nSPS) is 10.6. The number of nitrogens with two attached hydrogens (primary N) is 1. The molecule has 0 aliphatic rings. The lowest BCUT2D eigenvalue weighted by molar-refractivity contribution is 0.416. The van der Waals surface area contributed by atoms with E-state index in [2.05, 4.69) is 10.2 Å². The highest BCUT2D eigenvalue weighted by Crippen LogP contribution is 2.38. The standard InChI is InChI=1S/C11H11Cl2N3O/c1-17-11-8(2-6(12)3-9(11)13)10-4-7(5-14)15-16-10/h2-4H,5,14H2,1H3,(H,15,16). The highest BCUT2D eigenvalue weighted by atomic mass is 35.5. The van der Waals surface area contributed by atoms with Crippen molar-refractivity contribution in [2.45, 2.75) is 6.54 Å². The van der Waals surface area contributed by atoms with E-state index in [0.717, 1.165) is 11.3 Å². The van der Waals surface area contributed by atoms with Crippen LogP contribution in [0, 0.1) is 0 Å². The molecule has 1 aromatic heterocycles. The van der Waals surface area contributed by atoms with Gasteiger partial charge in [0.05, 0.1) is 17.8 Å². The quantitative estimate of drug-likeness (QED) is 0.903. The highest BCUT2D eigenvalue weighted by Gasteiger charge is 2.14. The summed E-state index contributed by atoms with van der Waals surface area (Å²) in [5.41, 5.74) is 7.79. The van der Waals surface area contributed by atoms with E-state index < -0.39 is 0 Å². The number of hydrogen-bond donors (Lipinski definition) is 2. The van der Waals surface area contributed by atoms with E-state index in [1.54, 1.807) is 19.2 Å². The molecule has 1 heterocycles. The van der Waals surface area contributed by atoms with Gasteiger partial charge in [-0.2, -0.15) is 5.10 Å². The maximum Gasteiger partial charge on any atom is 0.147 e. The number of aromatic amines is 1. The fraction of sp³-hybridized carbons (Fsp3) is 0.182. The highest BCUT2D eigenvalue weighted by molar-refractivity contribution is 6.36. The van der Waals surface area contributed by atoms with E-state index in [-0.39, 0.29) is 0 Å². The largest absolute Gasteiger partial charge is 0.494 e. The average Bonchev–Trinajstić information content (AvgIpc) is 2.76. The maximum absolute atomic E-state index is 6.05. The van der Waals surface area contributed by atoms with Crippen molar-refractivity contribution < 1.29 is 4.74 Å². The van der Waals surface area contributed by atoms with Crippen molar-refractivity contribution in [2.24, 2.45) is 5.73 Å². The number of ether oxygens (including phenoxy) is 1. The second kappa shape index (κ2) is 4.96. The Morgan fingerprint density at radius 2 is 2.12 bits per heavy atom. The summed E-state index contributed by atoms with van der Waals surface area (Å²) >= 11 is 12.0. The first-order valence-corrected chi connectivity index (χ1v) is 5.69. The van der Waals surface area contributed by atoms with Gasteiger partial charge in [-0.15, -0.1) is 0 Å². The maximum atomic E-state index is 6.05. The summed E-state index contributed by atoms with van der Waals surface area (Å²) < 4.78 is 5.25. The lowest BCUT2D eigenvalue weighted by Crippen LogP contribution is -1.95. The average molecular weight is 272 g/mol. The number of hydrogen-bond acceptors (Lipinski definition) is 3. The van der Waals surface area contributed by atoms with Crippen molar-refractivity contribution in [3.8, 4) is 17.0 Å². The van der Waals surface area contributed by atoms with Crippen molar-refractivity contribution >= 4 is 23.2 Å². The number of aromatic nitrogens is 2. The van der Waals surface area contributed by atoms with Gasteiger partial charge in [-0.05, 0) is 18.2 Å². The number of rotatable bonds is 3. The molecule has 0 aliphatic carbocycles. The van der Waals surface area contributed by atoms with Crippen LogP contribution in [0.3, 0.4) is 0 Å². The van der Waals surface area contributed by atoms with Crippen molar-refractivity contribution in [3.05, 3.63) is 33.9 Å². The van der Waals surface area contributed by atoms with Crippen LogP contribution >= 0.6 is 23.2 Å². The Labute approximate surface area is 109 Å². The minimum atomic E-state index is 0.392. The van der Waals surface area contributed by atoms with Crippen LogP contribution in [-0.2, 0) is 6.54 Å². The van der Waals surface area contributed by atoms with Crippen LogP contribution in [0.4, 0.5) is 0 Å². The molecule has 6 heteroatoms. The minimum absolute atomic E-state index is 0.392. The van der Waals surface area contributed by atoms with Crippen LogP contribution in [0.1, 0.15) is 5.69 Å². The first kappa shape index (κ1) is 12.2.